The monoisotopic (exact) mass is 879 g/mol. The zero-order valence-electron chi connectivity index (χ0n) is 37.7. The molecule has 3 unspecified atom stereocenters. The van der Waals surface area contributed by atoms with Crippen molar-refractivity contribution in [1.82, 2.24) is 24.8 Å². The molecule has 0 spiro atoms. The maximum absolute atomic E-state index is 5.42. The molecule has 4 aliphatic carbocycles. The van der Waals surface area contributed by atoms with Gasteiger partial charge in [-0.2, -0.15) is 9.97 Å². The van der Waals surface area contributed by atoms with Gasteiger partial charge in [0.1, 0.15) is 5.84 Å². The van der Waals surface area contributed by atoms with Gasteiger partial charge >= 0.3 is 0 Å². The predicted molar refractivity (Wildman–Crippen MR) is 276 cm³/mol. The van der Waals surface area contributed by atoms with E-state index in [9.17, 15) is 0 Å². The fourth-order valence-electron chi connectivity index (χ4n) is 11.0. The fraction of sp³-hybridized carbons (Fsp3) is 0.148. The largest absolute Gasteiger partial charge is 0.359 e. The quantitative estimate of drug-likeness (QED) is 0.165. The SMILES string of the molecule is C1=CCC(C2=CC(c3cccc(-c4ccccc4)c3)NC(c3cccc(-n4c5c(c6c4CC4C(=C6)N(c6nc(-c7ccccc7)nc(-c7ccccc7)n6)C6=C4C=CCC6)C=CCC5)c3)=N2)C=C1. The third kappa shape index (κ3) is 7.13. The molecule has 4 heterocycles. The lowest BCUT2D eigenvalue weighted by molar-refractivity contribution is 0.688. The van der Waals surface area contributed by atoms with Crippen LogP contribution in [0.1, 0.15) is 65.4 Å². The van der Waals surface area contributed by atoms with Crippen LogP contribution >= 0.6 is 0 Å². The van der Waals surface area contributed by atoms with Gasteiger partial charge in [-0.3, -0.25) is 4.90 Å². The minimum absolute atomic E-state index is 0.0434. The highest BCUT2D eigenvalue weighted by molar-refractivity contribution is 6.01. The number of amidine groups is 1. The highest BCUT2D eigenvalue weighted by Gasteiger charge is 2.42. The van der Waals surface area contributed by atoms with Crippen LogP contribution in [-0.4, -0.2) is 25.4 Å². The fourth-order valence-corrected chi connectivity index (χ4v) is 11.0. The average molecular weight is 880 g/mol. The molecule has 2 aromatic heterocycles. The van der Waals surface area contributed by atoms with Crippen LogP contribution in [0.4, 0.5) is 5.95 Å². The van der Waals surface area contributed by atoms with Gasteiger partial charge in [0.2, 0.25) is 5.95 Å². The second-order valence-corrected chi connectivity index (χ2v) is 18.4. The lowest BCUT2D eigenvalue weighted by Crippen LogP contribution is -2.32. The summed E-state index contributed by atoms with van der Waals surface area (Å²) in [5.74, 6) is 3.28. The second kappa shape index (κ2) is 16.9. The Morgan fingerprint density at radius 1 is 0.588 bits per heavy atom. The molecule has 6 aliphatic rings. The standard InChI is InChI=1S/C61H49N7/c1-5-19-40(20-6-1)44-27-17-28-45(35-44)53-39-52(41-21-7-2-8-22-41)62-60(63-53)46-29-18-30-47(36-46)67-54-33-15-13-31-48(54)50-38-57-51(37-56(50)67)49-32-14-16-34-55(49)68(57)61-65-58(42-23-9-3-10-24-42)64-59(66-61)43-25-11-4-12-26-43/h1-14,17-21,23-32,35-36,38-39,41,51,53H,15-16,22,33-34,37H2,(H,62,63). The summed E-state index contributed by atoms with van der Waals surface area (Å²) < 4.78 is 2.58. The summed E-state index contributed by atoms with van der Waals surface area (Å²) in [6, 6.07) is 49.2. The van der Waals surface area contributed by atoms with Crippen LogP contribution in [0.15, 0.2) is 216 Å². The maximum atomic E-state index is 5.42. The highest BCUT2D eigenvalue weighted by Crippen LogP contribution is 2.50. The number of aromatic nitrogens is 4. The van der Waals surface area contributed by atoms with E-state index in [0.29, 0.717) is 17.6 Å². The van der Waals surface area contributed by atoms with Crippen LogP contribution in [-0.2, 0) is 12.8 Å². The molecule has 0 amide bonds. The zero-order chi connectivity index (χ0) is 45.0. The lowest BCUT2D eigenvalue weighted by Gasteiger charge is -2.28. The first-order chi connectivity index (χ1) is 33.7. The number of allylic oxidation sites excluding steroid dienone is 9. The van der Waals surface area contributed by atoms with E-state index in [2.05, 4.69) is 179 Å². The lowest BCUT2D eigenvalue weighted by atomic mass is 9.84. The Bertz CT molecular complexity index is 3320. The summed E-state index contributed by atoms with van der Waals surface area (Å²) in [6.45, 7) is 0. The molecule has 13 rings (SSSR count). The first-order valence-corrected chi connectivity index (χ1v) is 24.1. The molecular formula is C61H49N7. The first-order valence-electron chi connectivity index (χ1n) is 24.1. The van der Waals surface area contributed by atoms with E-state index in [0.717, 1.165) is 72.4 Å². The summed E-state index contributed by atoms with van der Waals surface area (Å²) in [5.41, 5.74) is 18.1. The summed E-state index contributed by atoms with van der Waals surface area (Å²) in [7, 11) is 0. The third-order valence-electron chi connectivity index (χ3n) is 14.3. The van der Waals surface area contributed by atoms with Crippen molar-refractivity contribution in [1.29, 1.82) is 0 Å². The predicted octanol–water partition coefficient (Wildman–Crippen LogP) is 13.4. The summed E-state index contributed by atoms with van der Waals surface area (Å²) >= 11 is 0. The molecule has 0 saturated carbocycles. The number of hydrogen-bond acceptors (Lipinski definition) is 6. The molecular weight excluding hydrogens is 831 g/mol. The van der Waals surface area contributed by atoms with Crippen LogP contribution in [0.2, 0.25) is 0 Å². The Labute approximate surface area is 397 Å². The Balaban J connectivity index is 0.913. The van der Waals surface area contributed by atoms with E-state index < -0.39 is 0 Å². The van der Waals surface area contributed by atoms with E-state index in [4.69, 9.17) is 19.9 Å². The van der Waals surface area contributed by atoms with Crippen molar-refractivity contribution in [3.63, 3.8) is 0 Å². The number of aliphatic imine (C=N–C) groups is 1. The van der Waals surface area contributed by atoms with Crippen LogP contribution in [0.25, 0.3) is 51.7 Å². The first kappa shape index (κ1) is 40.1. The summed E-state index contributed by atoms with van der Waals surface area (Å²) in [5, 5.41) is 3.91. The van der Waals surface area contributed by atoms with E-state index in [-0.39, 0.29) is 17.9 Å². The number of fused-ring (bicyclic) bond motifs is 5. The van der Waals surface area contributed by atoms with E-state index in [1.165, 1.54) is 56.2 Å². The zero-order valence-corrected chi connectivity index (χ0v) is 37.7. The highest BCUT2D eigenvalue weighted by atomic mass is 15.3. The van der Waals surface area contributed by atoms with Crippen molar-refractivity contribution >= 4 is 23.9 Å². The van der Waals surface area contributed by atoms with Crippen molar-refractivity contribution in [2.45, 2.75) is 44.6 Å². The Hall–Kier alpha value is -8.16. The Morgan fingerprint density at radius 2 is 1.29 bits per heavy atom. The molecule has 7 aromatic rings. The molecule has 0 saturated heterocycles. The smallest absolute Gasteiger partial charge is 0.238 e. The van der Waals surface area contributed by atoms with Gasteiger partial charge in [-0.1, -0.05) is 170 Å². The van der Waals surface area contributed by atoms with Crippen LogP contribution in [0.5, 0.6) is 0 Å². The minimum atomic E-state index is -0.0434. The number of nitrogens with one attached hydrogen (secondary N) is 1. The van der Waals surface area contributed by atoms with Crippen molar-refractivity contribution in [2.24, 2.45) is 16.8 Å². The molecule has 68 heavy (non-hydrogen) atoms. The normalized spacial score (nSPS) is 19.9. The van der Waals surface area contributed by atoms with E-state index >= 15 is 0 Å². The molecule has 0 bridgehead atoms. The van der Waals surface area contributed by atoms with Crippen molar-refractivity contribution < 1.29 is 0 Å². The molecule has 7 nitrogen and oxygen atoms in total. The van der Waals surface area contributed by atoms with Gasteiger partial charge in [0, 0.05) is 80.2 Å². The number of nitrogens with zero attached hydrogens (tertiary/aromatic N) is 6. The average Bonchev–Trinajstić information content (AvgIpc) is 3.93. The molecule has 328 valence electrons. The molecule has 1 N–H and O–H groups in total. The Morgan fingerprint density at radius 3 is 2.06 bits per heavy atom. The molecule has 2 aliphatic heterocycles. The van der Waals surface area contributed by atoms with Crippen LogP contribution in [0, 0.1) is 11.8 Å². The maximum Gasteiger partial charge on any atom is 0.238 e. The number of hydrogen-bond donors (Lipinski definition) is 1. The van der Waals surface area contributed by atoms with Gasteiger partial charge in [0.15, 0.2) is 11.6 Å². The molecule has 7 heteroatoms. The van der Waals surface area contributed by atoms with Gasteiger partial charge in [-0.25, -0.2) is 9.98 Å². The number of anilines is 1. The summed E-state index contributed by atoms with van der Waals surface area (Å²) in [6.07, 6.45) is 28.7. The molecule has 0 radical (unpaired) electrons. The van der Waals surface area contributed by atoms with Gasteiger partial charge in [-0.15, -0.1) is 0 Å². The summed E-state index contributed by atoms with van der Waals surface area (Å²) in [4.78, 5) is 23.4. The van der Waals surface area contributed by atoms with Crippen LogP contribution in [0.3, 0.4) is 0 Å². The van der Waals surface area contributed by atoms with Crippen molar-refractivity contribution in [2.75, 3.05) is 4.90 Å². The van der Waals surface area contributed by atoms with Gasteiger partial charge in [0.25, 0.3) is 0 Å². The molecule has 5 aromatic carbocycles. The van der Waals surface area contributed by atoms with Gasteiger partial charge < -0.3 is 9.88 Å². The second-order valence-electron chi connectivity index (χ2n) is 18.4. The molecule has 0 fully saturated rings. The van der Waals surface area contributed by atoms with Crippen molar-refractivity contribution in [3.8, 4) is 39.6 Å². The third-order valence-corrected chi connectivity index (χ3v) is 14.3. The van der Waals surface area contributed by atoms with Crippen molar-refractivity contribution in [3.05, 3.63) is 244 Å². The van der Waals surface area contributed by atoms with E-state index in [1.54, 1.807) is 0 Å². The van der Waals surface area contributed by atoms with Gasteiger partial charge in [-0.05, 0) is 84.7 Å². The number of rotatable bonds is 8. The van der Waals surface area contributed by atoms with Crippen LogP contribution < -0.4 is 10.2 Å². The van der Waals surface area contributed by atoms with Gasteiger partial charge in [0.05, 0.1) is 6.04 Å². The van der Waals surface area contributed by atoms with E-state index in [1.807, 2.05) is 36.4 Å². The molecule has 3 atom stereocenters. The topological polar surface area (TPSA) is 71.2 Å². The minimum Gasteiger partial charge on any atom is -0.359 e. The Kier molecular flexibility index (Phi) is 9.99. The number of benzene rings is 5.